The van der Waals surface area contributed by atoms with E-state index in [0.29, 0.717) is 26.2 Å². The summed E-state index contributed by atoms with van der Waals surface area (Å²) in [7, 11) is -5.60. The van der Waals surface area contributed by atoms with Crippen molar-refractivity contribution < 1.29 is 21.6 Å². The number of sulfone groups is 1. The number of methoxy groups -OCH3 is 1. The number of hydrogen-bond acceptors (Lipinski definition) is 6. The summed E-state index contributed by atoms with van der Waals surface area (Å²) in [6.07, 6.45) is 1.06. The summed E-state index contributed by atoms with van der Waals surface area (Å²) in [4.78, 5) is 2.11. The second kappa shape index (κ2) is 7.49. The predicted octanol–water partition coefficient (Wildman–Crippen LogP) is 1.61. The molecule has 0 N–H and O–H groups in total. The molecule has 0 bridgehead atoms. The van der Waals surface area contributed by atoms with Crippen molar-refractivity contribution in [2.24, 2.45) is 0 Å². The summed E-state index contributed by atoms with van der Waals surface area (Å²) in [6.45, 7) is 1.77. The number of rotatable bonds is 5. The smallest absolute Gasteiger partial charge is 0.243 e. The van der Waals surface area contributed by atoms with Crippen LogP contribution in [0.15, 0.2) is 58.3 Å². The quantitative estimate of drug-likeness (QED) is 0.745. The van der Waals surface area contributed by atoms with Crippen LogP contribution in [0.4, 0.5) is 5.69 Å². The summed E-state index contributed by atoms with van der Waals surface area (Å²) >= 11 is 0. The maximum absolute atomic E-state index is 12.9. The van der Waals surface area contributed by atoms with Crippen LogP contribution >= 0.6 is 0 Å². The summed E-state index contributed by atoms with van der Waals surface area (Å²) in [5.74, 6) is 0.769. The van der Waals surface area contributed by atoms with Crippen molar-refractivity contribution in [3.8, 4) is 5.75 Å². The third-order valence-electron chi connectivity index (χ3n) is 4.55. The Balaban J connectivity index is 1.75. The molecule has 0 unspecified atom stereocenters. The number of benzene rings is 2. The molecule has 1 fully saturated rings. The highest BCUT2D eigenvalue weighted by atomic mass is 32.2. The largest absolute Gasteiger partial charge is 0.497 e. The van der Waals surface area contributed by atoms with Crippen LogP contribution in [0.1, 0.15) is 0 Å². The third-order valence-corrected chi connectivity index (χ3v) is 7.55. The minimum absolute atomic E-state index is 0.000411. The lowest BCUT2D eigenvalue weighted by Crippen LogP contribution is -2.48. The van der Waals surface area contributed by atoms with Crippen LogP contribution in [0.2, 0.25) is 0 Å². The zero-order valence-electron chi connectivity index (χ0n) is 15.2. The minimum Gasteiger partial charge on any atom is -0.497 e. The van der Waals surface area contributed by atoms with Gasteiger partial charge in [-0.25, -0.2) is 16.8 Å². The fraction of sp³-hybridized carbons (Fsp3) is 0.333. The first kappa shape index (κ1) is 19.7. The van der Waals surface area contributed by atoms with Gasteiger partial charge in [-0.15, -0.1) is 0 Å². The van der Waals surface area contributed by atoms with Crippen molar-refractivity contribution in [2.75, 3.05) is 44.4 Å². The van der Waals surface area contributed by atoms with E-state index in [1.807, 2.05) is 24.3 Å². The molecular formula is C18H22N2O5S2. The van der Waals surface area contributed by atoms with Crippen molar-refractivity contribution in [1.29, 1.82) is 0 Å². The van der Waals surface area contributed by atoms with E-state index in [4.69, 9.17) is 4.74 Å². The molecule has 1 aliphatic heterocycles. The summed E-state index contributed by atoms with van der Waals surface area (Å²) in [5, 5.41) is 0. The number of anilines is 1. The van der Waals surface area contributed by atoms with Gasteiger partial charge in [-0.2, -0.15) is 4.31 Å². The Bertz CT molecular complexity index is 1010. The topological polar surface area (TPSA) is 84.0 Å². The van der Waals surface area contributed by atoms with Gasteiger partial charge in [-0.05, 0) is 42.5 Å². The Morgan fingerprint density at radius 2 is 1.44 bits per heavy atom. The van der Waals surface area contributed by atoms with E-state index in [0.717, 1.165) is 17.7 Å². The average Bonchev–Trinajstić information content (AvgIpc) is 2.67. The van der Waals surface area contributed by atoms with Crippen LogP contribution in [0.3, 0.4) is 0 Å². The van der Waals surface area contributed by atoms with E-state index >= 15 is 0 Å². The van der Waals surface area contributed by atoms with Gasteiger partial charge in [0.25, 0.3) is 0 Å². The van der Waals surface area contributed by atoms with E-state index in [9.17, 15) is 16.8 Å². The molecule has 0 atom stereocenters. The average molecular weight is 411 g/mol. The number of ether oxygens (including phenoxy) is 1. The molecule has 7 nitrogen and oxygen atoms in total. The van der Waals surface area contributed by atoms with Gasteiger partial charge in [0.2, 0.25) is 10.0 Å². The first-order valence-electron chi connectivity index (χ1n) is 8.41. The van der Waals surface area contributed by atoms with E-state index in [1.165, 1.54) is 28.6 Å². The van der Waals surface area contributed by atoms with Crippen LogP contribution in [-0.4, -0.2) is 60.7 Å². The van der Waals surface area contributed by atoms with Gasteiger partial charge >= 0.3 is 0 Å². The van der Waals surface area contributed by atoms with Crippen molar-refractivity contribution in [3.63, 3.8) is 0 Å². The zero-order valence-corrected chi connectivity index (χ0v) is 16.8. The van der Waals surface area contributed by atoms with Crippen molar-refractivity contribution in [1.82, 2.24) is 4.31 Å². The van der Waals surface area contributed by atoms with Crippen molar-refractivity contribution in [2.45, 2.75) is 9.79 Å². The Hall–Kier alpha value is -2.10. The first-order chi connectivity index (χ1) is 12.7. The van der Waals surface area contributed by atoms with Gasteiger partial charge in [0.1, 0.15) is 5.75 Å². The molecule has 2 aromatic rings. The molecule has 146 valence electrons. The van der Waals surface area contributed by atoms with Gasteiger partial charge in [0.05, 0.1) is 16.9 Å². The van der Waals surface area contributed by atoms with Gasteiger partial charge in [-0.3, -0.25) is 0 Å². The van der Waals surface area contributed by atoms with E-state index in [-0.39, 0.29) is 9.79 Å². The monoisotopic (exact) mass is 410 g/mol. The standard InChI is InChI=1S/C18H22N2O5S2/c1-25-16-8-6-15(7-9-16)19-10-12-20(13-11-19)27(23,24)18-5-3-4-17(14-18)26(2,21)22/h3-9,14H,10-13H2,1-2H3. The minimum atomic E-state index is -3.74. The van der Waals surface area contributed by atoms with E-state index in [1.54, 1.807) is 7.11 Å². The summed E-state index contributed by atoms with van der Waals surface area (Å²) in [6, 6.07) is 13.1. The Morgan fingerprint density at radius 1 is 0.852 bits per heavy atom. The lowest BCUT2D eigenvalue weighted by Gasteiger charge is -2.35. The highest BCUT2D eigenvalue weighted by molar-refractivity contribution is 7.91. The molecule has 0 spiro atoms. The summed E-state index contributed by atoms with van der Waals surface area (Å²) < 4.78 is 55.7. The fourth-order valence-electron chi connectivity index (χ4n) is 2.99. The second-order valence-corrected chi connectivity index (χ2v) is 10.3. The predicted molar refractivity (Wildman–Crippen MR) is 104 cm³/mol. The van der Waals surface area contributed by atoms with Crippen LogP contribution < -0.4 is 9.64 Å². The Morgan fingerprint density at radius 3 is 2.00 bits per heavy atom. The fourth-order valence-corrected chi connectivity index (χ4v) is 5.20. The van der Waals surface area contributed by atoms with Crippen LogP contribution in [0.5, 0.6) is 5.75 Å². The zero-order chi connectivity index (χ0) is 19.7. The lowest BCUT2D eigenvalue weighted by atomic mass is 10.2. The van der Waals surface area contributed by atoms with Crippen LogP contribution in [0.25, 0.3) is 0 Å². The maximum Gasteiger partial charge on any atom is 0.243 e. The molecule has 9 heteroatoms. The maximum atomic E-state index is 12.9. The molecule has 1 saturated heterocycles. The molecule has 1 aliphatic rings. The third kappa shape index (κ3) is 4.26. The van der Waals surface area contributed by atoms with E-state index in [2.05, 4.69) is 4.90 Å². The number of sulfonamides is 1. The number of nitrogens with zero attached hydrogens (tertiary/aromatic N) is 2. The van der Waals surface area contributed by atoms with Crippen molar-refractivity contribution >= 4 is 25.5 Å². The molecule has 0 amide bonds. The lowest BCUT2D eigenvalue weighted by molar-refractivity contribution is 0.384. The van der Waals surface area contributed by atoms with Gasteiger partial charge in [0, 0.05) is 38.1 Å². The van der Waals surface area contributed by atoms with Crippen molar-refractivity contribution in [3.05, 3.63) is 48.5 Å². The highest BCUT2D eigenvalue weighted by Crippen LogP contribution is 2.24. The number of hydrogen-bond donors (Lipinski definition) is 0. The summed E-state index contributed by atoms with van der Waals surface area (Å²) in [5.41, 5.74) is 1.01. The van der Waals surface area contributed by atoms with Gasteiger partial charge in [-0.1, -0.05) is 6.07 Å². The van der Waals surface area contributed by atoms with Crippen LogP contribution in [0, 0.1) is 0 Å². The molecule has 2 aromatic carbocycles. The molecule has 0 saturated carbocycles. The first-order valence-corrected chi connectivity index (χ1v) is 11.7. The SMILES string of the molecule is COc1ccc(N2CCN(S(=O)(=O)c3cccc(S(C)(=O)=O)c3)CC2)cc1. The molecule has 1 heterocycles. The molecule has 3 rings (SSSR count). The highest BCUT2D eigenvalue weighted by Gasteiger charge is 2.29. The molecule has 0 radical (unpaired) electrons. The number of piperazine rings is 1. The van der Waals surface area contributed by atoms with Crippen LogP contribution in [-0.2, 0) is 19.9 Å². The Kier molecular flexibility index (Phi) is 5.45. The molecule has 27 heavy (non-hydrogen) atoms. The molecule has 0 aromatic heterocycles. The molecule has 0 aliphatic carbocycles. The van der Waals surface area contributed by atoms with Gasteiger partial charge in [0.15, 0.2) is 9.84 Å². The normalized spacial score (nSPS) is 16.3. The second-order valence-electron chi connectivity index (χ2n) is 6.34. The molecular weight excluding hydrogens is 388 g/mol. The Labute approximate surface area is 160 Å². The van der Waals surface area contributed by atoms with Gasteiger partial charge < -0.3 is 9.64 Å². The van der Waals surface area contributed by atoms with E-state index < -0.39 is 19.9 Å².